The lowest BCUT2D eigenvalue weighted by Crippen LogP contribution is -2.48. The molecule has 0 aliphatic rings. The lowest BCUT2D eigenvalue weighted by molar-refractivity contribution is -0.143. The van der Waals surface area contributed by atoms with Crippen LogP contribution in [0.15, 0.2) is 0 Å². The topological polar surface area (TPSA) is 63.4 Å². The first-order valence-electron chi connectivity index (χ1n) is 7.39. The average Bonchev–Trinajstić information content (AvgIpc) is 2.42. The molecule has 0 saturated carbocycles. The molecule has 0 fully saturated rings. The van der Waals surface area contributed by atoms with Crippen LogP contribution in [-0.2, 0) is 15.6 Å². The van der Waals surface area contributed by atoms with Crippen LogP contribution in [0.25, 0.3) is 0 Å². The Morgan fingerprint density at radius 1 is 1.11 bits per heavy atom. The minimum Gasteiger partial charge on any atom is -0.279 e. The molecule has 0 spiro atoms. The summed E-state index contributed by atoms with van der Waals surface area (Å²) in [6.45, 7) is 8.56. The van der Waals surface area contributed by atoms with Crippen molar-refractivity contribution in [2.45, 2.75) is 59.8 Å². The first-order valence-corrected chi connectivity index (χ1v) is 8.87. The van der Waals surface area contributed by atoms with Gasteiger partial charge < -0.3 is 0 Å². The van der Waals surface area contributed by atoms with Crippen molar-refractivity contribution in [3.63, 3.8) is 0 Å². The Bertz CT molecular complexity index is 291. The monoisotopic (exact) mass is 290 g/mol. The number of hydrogen-bond acceptors (Lipinski definition) is 3. The van der Waals surface area contributed by atoms with E-state index in [4.69, 9.17) is 5.84 Å². The van der Waals surface area contributed by atoms with Crippen molar-refractivity contribution in [3.05, 3.63) is 0 Å². The molecule has 0 rings (SSSR count). The fraction of sp³-hybridized carbons (Fsp3) is 0.929. The third-order valence-corrected chi connectivity index (χ3v) is 5.29. The fourth-order valence-electron chi connectivity index (χ4n) is 2.43. The number of nitrogens with two attached hydrogens (primary N) is 1. The van der Waals surface area contributed by atoms with E-state index in [0.29, 0.717) is 18.1 Å². The van der Waals surface area contributed by atoms with Gasteiger partial charge in [-0.2, -0.15) is 0 Å². The summed E-state index contributed by atoms with van der Waals surface area (Å²) in [5.41, 5.74) is -0.338. The molecule has 0 heterocycles. The van der Waals surface area contributed by atoms with Gasteiger partial charge in [0.2, 0.25) is 5.91 Å². The zero-order valence-electron chi connectivity index (χ0n) is 12.9. The molecule has 0 aliphatic heterocycles. The van der Waals surface area contributed by atoms with Gasteiger partial charge in [0.1, 0.15) is 0 Å². The lowest BCUT2D eigenvalue weighted by atomic mass is 9.77. The van der Waals surface area contributed by atoms with Crippen LogP contribution in [-0.4, -0.2) is 33.2 Å². The van der Waals surface area contributed by atoms with E-state index in [1.807, 2.05) is 20.8 Å². The Morgan fingerprint density at radius 3 is 2.11 bits per heavy atom. The third kappa shape index (κ3) is 5.61. The molecule has 2 N–H and O–H groups in total. The first-order chi connectivity index (χ1) is 8.97. The fourth-order valence-corrected chi connectivity index (χ4v) is 3.49. The van der Waals surface area contributed by atoms with Crippen LogP contribution in [0.4, 0.5) is 0 Å². The largest absolute Gasteiger partial charge is 0.279 e. The van der Waals surface area contributed by atoms with E-state index in [-0.39, 0.29) is 11.3 Å². The molecule has 0 bridgehead atoms. The minimum absolute atomic E-state index is 0.00727. The van der Waals surface area contributed by atoms with E-state index in [0.717, 1.165) is 32.1 Å². The quantitative estimate of drug-likeness (QED) is 0.382. The van der Waals surface area contributed by atoms with Crippen molar-refractivity contribution in [2.75, 3.05) is 18.1 Å². The minimum atomic E-state index is -0.865. The maximum absolute atomic E-state index is 12.5. The summed E-state index contributed by atoms with van der Waals surface area (Å²) in [4.78, 5) is 12.5. The molecule has 1 atom stereocenters. The number of hydrazine groups is 1. The Morgan fingerprint density at radius 2 is 1.68 bits per heavy atom. The van der Waals surface area contributed by atoms with E-state index in [9.17, 15) is 9.00 Å². The van der Waals surface area contributed by atoms with Gasteiger partial charge in [-0.3, -0.25) is 14.0 Å². The summed E-state index contributed by atoms with van der Waals surface area (Å²) >= 11 is 0. The van der Waals surface area contributed by atoms with Crippen LogP contribution >= 0.6 is 0 Å². The molecule has 0 radical (unpaired) electrons. The number of amides is 1. The molecule has 1 amide bonds. The molecule has 0 saturated heterocycles. The average molecular weight is 290 g/mol. The maximum atomic E-state index is 12.5. The SMILES string of the molecule is CCCS(=O)CCN(N)C(=O)C(CC)(CC)CCC. The first kappa shape index (κ1) is 18.6. The molecule has 19 heavy (non-hydrogen) atoms. The molecule has 114 valence electrons. The van der Waals surface area contributed by atoms with Crippen LogP contribution in [0.1, 0.15) is 59.8 Å². The second kappa shape index (κ2) is 9.48. The van der Waals surface area contributed by atoms with Crippen LogP contribution < -0.4 is 5.84 Å². The smallest absolute Gasteiger partial charge is 0.242 e. The van der Waals surface area contributed by atoms with Crippen LogP contribution in [0.2, 0.25) is 0 Å². The van der Waals surface area contributed by atoms with E-state index in [1.54, 1.807) is 0 Å². The Kier molecular flexibility index (Phi) is 9.27. The lowest BCUT2D eigenvalue weighted by Gasteiger charge is -2.33. The summed E-state index contributed by atoms with van der Waals surface area (Å²) in [6.07, 6.45) is 4.35. The zero-order chi connectivity index (χ0) is 14.9. The number of nitrogens with zero attached hydrogens (tertiary/aromatic N) is 1. The van der Waals surface area contributed by atoms with Crippen molar-refractivity contribution in [1.82, 2.24) is 5.01 Å². The summed E-state index contributed by atoms with van der Waals surface area (Å²) < 4.78 is 11.6. The van der Waals surface area contributed by atoms with Crippen molar-refractivity contribution in [2.24, 2.45) is 11.3 Å². The molecule has 0 aromatic heterocycles. The predicted molar refractivity (Wildman–Crippen MR) is 82.0 cm³/mol. The zero-order valence-corrected chi connectivity index (χ0v) is 13.7. The van der Waals surface area contributed by atoms with Gasteiger partial charge in [0, 0.05) is 28.9 Å². The van der Waals surface area contributed by atoms with Crippen molar-refractivity contribution < 1.29 is 9.00 Å². The molecular formula is C14H30N2O2S. The highest BCUT2D eigenvalue weighted by Crippen LogP contribution is 2.33. The van der Waals surface area contributed by atoms with Crippen LogP contribution in [0.5, 0.6) is 0 Å². The normalized spacial score (nSPS) is 13.3. The van der Waals surface area contributed by atoms with Crippen LogP contribution in [0, 0.1) is 5.41 Å². The summed E-state index contributed by atoms with van der Waals surface area (Å²) in [6, 6.07) is 0. The molecule has 5 heteroatoms. The number of carbonyl (C=O) groups is 1. The number of rotatable bonds is 10. The van der Waals surface area contributed by atoms with Gasteiger partial charge in [-0.15, -0.1) is 0 Å². The predicted octanol–water partition coefficient (Wildman–Crippen LogP) is 2.45. The van der Waals surface area contributed by atoms with Gasteiger partial charge in [-0.25, -0.2) is 5.84 Å². The maximum Gasteiger partial charge on any atom is 0.242 e. The van der Waals surface area contributed by atoms with Crippen LogP contribution in [0.3, 0.4) is 0 Å². The van der Waals surface area contributed by atoms with E-state index in [2.05, 4.69) is 6.92 Å². The van der Waals surface area contributed by atoms with Crippen molar-refractivity contribution in [3.8, 4) is 0 Å². The highest BCUT2D eigenvalue weighted by Gasteiger charge is 2.36. The summed E-state index contributed by atoms with van der Waals surface area (Å²) in [7, 11) is -0.865. The second-order valence-electron chi connectivity index (χ2n) is 5.08. The number of hydrogen-bond donors (Lipinski definition) is 1. The molecule has 1 unspecified atom stereocenters. The van der Waals surface area contributed by atoms with Gasteiger partial charge in [0.05, 0.1) is 5.41 Å². The van der Waals surface area contributed by atoms with Gasteiger partial charge >= 0.3 is 0 Å². The molecule has 0 aromatic rings. The van der Waals surface area contributed by atoms with Gasteiger partial charge in [-0.1, -0.05) is 34.1 Å². The molecule has 0 aromatic carbocycles. The number of carbonyl (C=O) groups excluding carboxylic acids is 1. The third-order valence-electron chi connectivity index (χ3n) is 3.79. The standard InChI is InChI=1S/C14H30N2O2S/c1-5-9-14(7-3,8-4)13(17)16(15)10-12-19(18)11-6-2/h5-12,15H2,1-4H3. The Hall–Kier alpha value is -0.420. The van der Waals surface area contributed by atoms with E-state index in [1.165, 1.54) is 5.01 Å². The molecule has 0 aliphatic carbocycles. The Balaban J connectivity index is 4.55. The highest BCUT2D eigenvalue weighted by atomic mass is 32.2. The second-order valence-corrected chi connectivity index (χ2v) is 6.78. The van der Waals surface area contributed by atoms with Gasteiger partial charge in [0.15, 0.2) is 0 Å². The molecule has 4 nitrogen and oxygen atoms in total. The summed E-state index contributed by atoms with van der Waals surface area (Å²) in [5.74, 6) is 7.05. The van der Waals surface area contributed by atoms with Crippen molar-refractivity contribution >= 4 is 16.7 Å². The highest BCUT2D eigenvalue weighted by molar-refractivity contribution is 7.84. The molecular weight excluding hydrogens is 260 g/mol. The Labute approximate surface area is 120 Å². The van der Waals surface area contributed by atoms with Crippen molar-refractivity contribution in [1.29, 1.82) is 0 Å². The van der Waals surface area contributed by atoms with E-state index >= 15 is 0 Å². The van der Waals surface area contributed by atoms with E-state index < -0.39 is 10.8 Å². The van der Waals surface area contributed by atoms with Gasteiger partial charge in [0.25, 0.3) is 0 Å². The van der Waals surface area contributed by atoms with Gasteiger partial charge in [-0.05, 0) is 25.7 Å². The summed E-state index contributed by atoms with van der Waals surface area (Å²) in [5, 5.41) is 1.29.